The summed E-state index contributed by atoms with van der Waals surface area (Å²) in [5, 5.41) is 3.71. The predicted octanol–water partition coefficient (Wildman–Crippen LogP) is 4.76. The number of rotatable bonds is 6. The van der Waals surface area contributed by atoms with Gasteiger partial charge in [0.2, 0.25) is 0 Å². The molecule has 1 amide bonds. The van der Waals surface area contributed by atoms with Gasteiger partial charge in [-0.25, -0.2) is 0 Å². The van der Waals surface area contributed by atoms with Crippen molar-refractivity contribution < 1.29 is 9.53 Å². The van der Waals surface area contributed by atoms with Crippen LogP contribution in [-0.4, -0.2) is 29.9 Å². The van der Waals surface area contributed by atoms with E-state index in [1.165, 1.54) is 0 Å². The maximum atomic E-state index is 12.7. The summed E-state index contributed by atoms with van der Waals surface area (Å²) in [5.74, 6) is 0.509. The van der Waals surface area contributed by atoms with Crippen molar-refractivity contribution in [2.45, 2.75) is 6.54 Å². The van der Waals surface area contributed by atoms with Gasteiger partial charge in [0.05, 0.1) is 29.6 Å². The molecule has 0 atom stereocenters. The molecular weight excluding hydrogens is 362 g/mol. The maximum absolute atomic E-state index is 12.7. The lowest BCUT2D eigenvalue weighted by atomic mass is 10.2. The number of nitrogens with one attached hydrogen (secondary N) is 1. The molecular formula is C21H20ClN3O2. The standard InChI is InChI=1S/C21H20ClN3O2/c1-25(14-15-6-4-3-5-7-15)21(26)16-10-18(13-23-12-16)24-17-8-9-20(27-2)19(22)11-17/h3-13,24H,14H2,1-2H3. The second-order valence-corrected chi connectivity index (χ2v) is 6.49. The van der Waals surface area contributed by atoms with Crippen LogP contribution in [0.2, 0.25) is 5.02 Å². The number of ether oxygens (including phenoxy) is 1. The Bertz CT molecular complexity index is 932. The topological polar surface area (TPSA) is 54.5 Å². The smallest absolute Gasteiger partial charge is 0.255 e. The van der Waals surface area contributed by atoms with E-state index in [1.807, 2.05) is 36.4 Å². The second-order valence-electron chi connectivity index (χ2n) is 6.08. The lowest BCUT2D eigenvalue weighted by molar-refractivity contribution is 0.0784. The van der Waals surface area contributed by atoms with Gasteiger partial charge < -0.3 is 15.0 Å². The van der Waals surface area contributed by atoms with E-state index in [0.717, 1.165) is 11.3 Å². The van der Waals surface area contributed by atoms with Crippen molar-refractivity contribution in [3.63, 3.8) is 0 Å². The Kier molecular flexibility index (Phi) is 5.94. The zero-order valence-corrected chi connectivity index (χ0v) is 15.9. The third-order valence-electron chi connectivity index (χ3n) is 4.03. The number of nitrogens with zero attached hydrogens (tertiary/aromatic N) is 2. The van der Waals surface area contributed by atoms with Crippen LogP contribution in [0.4, 0.5) is 11.4 Å². The highest BCUT2D eigenvalue weighted by Crippen LogP contribution is 2.28. The fraction of sp³-hybridized carbons (Fsp3) is 0.143. The monoisotopic (exact) mass is 381 g/mol. The first-order valence-corrected chi connectivity index (χ1v) is 8.79. The molecule has 0 radical (unpaired) electrons. The molecule has 0 aliphatic rings. The molecule has 5 nitrogen and oxygen atoms in total. The number of anilines is 2. The number of hydrogen-bond donors (Lipinski definition) is 1. The van der Waals surface area contributed by atoms with Crippen LogP contribution in [-0.2, 0) is 6.54 Å². The van der Waals surface area contributed by atoms with Gasteiger partial charge in [-0.15, -0.1) is 0 Å². The largest absolute Gasteiger partial charge is 0.495 e. The van der Waals surface area contributed by atoms with E-state index in [2.05, 4.69) is 10.3 Å². The van der Waals surface area contributed by atoms with Gasteiger partial charge >= 0.3 is 0 Å². The van der Waals surface area contributed by atoms with Crippen molar-refractivity contribution in [2.75, 3.05) is 19.5 Å². The quantitative estimate of drug-likeness (QED) is 0.668. The van der Waals surface area contributed by atoms with Gasteiger partial charge in [0.25, 0.3) is 5.91 Å². The Morgan fingerprint density at radius 3 is 2.59 bits per heavy atom. The zero-order valence-electron chi connectivity index (χ0n) is 15.1. The van der Waals surface area contributed by atoms with E-state index in [-0.39, 0.29) is 5.91 Å². The Morgan fingerprint density at radius 2 is 1.89 bits per heavy atom. The third-order valence-corrected chi connectivity index (χ3v) is 4.33. The predicted molar refractivity (Wildman–Crippen MR) is 108 cm³/mol. The zero-order chi connectivity index (χ0) is 19.2. The molecule has 1 N–H and O–H groups in total. The molecule has 0 aliphatic carbocycles. The second kappa shape index (κ2) is 8.56. The lowest BCUT2D eigenvalue weighted by Crippen LogP contribution is -2.26. The number of pyridine rings is 1. The molecule has 6 heteroatoms. The SMILES string of the molecule is COc1ccc(Nc2cncc(C(=O)N(C)Cc3ccccc3)c2)cc1Cl. The normalized spacial score (nSPS) is 10.3. The molecule has 1 heterocycles. The van der Waals surface area contributed by atoms with E-state index in [4.69, 9.17) is 16.3 Å². The lowest BCUT2D eigenvalue weighted by Gasteiger charge is -2.17. The average molecular weight is 382 g/mol. The van der Waals surface area contributed by atoms with Crippen LogP contribution in [0.15, 0.2) is 67.0 Å². The average Bonchev–Trinajstić information content (AvgIpc) is 2.68. The minimum atomic E-state index is -0.0947. The summed E-state index contributed by atoms with van der Waals surface area (Å²) in [7, 11) is 3.35. The van der Waals surface area contributed by atoms with Crippen molar-refractivity contribution in [1.29, 1.82) is 0 Å². The highest BCUT2D eigenvalue weighted by Gasteiger charge is 2.13. The van der Waals surface area contributed by atoms with Crippen LogP contribution in [0.3, 0.4) is 0 Å². The highest BCUT2D eigenvalue weighted by molar-refractivity contribution is 6.32. The summed E-state index contributed by atoms with van der Waals surface area (Å²) >= 11 is 6.15. The Balaban J connectivity index is 1.72. The number of amides is 1. The van der Waals surface area contributed by atoms with Crippen LogP contribution in [0.25, 0.3) is 0 Å². The molecule has 3 rings (SSSR count). The van der Waals surface area contributed by atoms with E-state index in [9.17, 15) is 4.79 Å². The summed E-state index contributed by atoms with van der Waals surface area (Å²) < 4.78 is 5.15. The first-order chi connectivity index (χ1) is 13.1. The summed E-state index contributed by atoms with van der Waals surface area (Å²) in [6.07, 6.45) is 3.22. The number of methoxy groups -OCH3 is 1. The molecule has 1 aromatic heterocycles. The van der Waals surface area contributed by atoms with Crippen molar-refractivity contribution in [3.8, 4) is 5.75 Å². The van der Waals surface area contributed by atoms with Crippen LogP contribution >= 0.6 is 11.6 Å². The van der Waals surface area contributed by atoms with Gasteiger partial charge in [-0.2, -0.15) is 0 Å². The Hall–Kier alpha value is -3.05. The molecule has 0 spiro atoms. The number of aromatic nitrogens is 1. The number of carbonyl (C=O) groups excluding carboxylic acids is 1. The minimum Gasteiger partial charge on any atom is -0.495 e. The van der Waals surface area contributed by atoms with Crippen LogP contribution in [0, 0.1) is 0 Å². The van der Waals surface area contributed by atoms with E-state index < -0.39 is 0 Å². The summed E-state index contributed by atoms with van der Waals surface area (Å²) in [6.45, 7) is 0.533. The molecule has 0 bridgehead atoms. The molecule has 138 valence electrons. The van der Waals surface area contributed by atoms with E-state index in [1.54, 1.807) is 49.7 Å². The first kappa shape index (κ1) is 18.7. The van der Waals surface area contributed by atoms with Crippen molar-refractivity contribution in [3.05, 3.63) is 83.1 Å². The van der Waals surface area contributed by atoms with Crippen LogP contribution in [0.5, 0.6) is 5.75 Å². The van der Waals surface area contributed by atoms with E-state index >= 15 is 0 Å². The van der Waals surface area contributed by atoms with Gasteiger partial charge in [-0.3, -0.25) is 9.78 Å². The third kappa shape index (κ3) is 4.77. The van der Waals surface area contributed by atoms with Gasteiger partial charge in [0.15, 0.2) is 0 Å². The van der Waals surface area contributed by atoms with Gasteiger partial charge in [0.1, 0.15) is 5.75 Å². The number of carbonyl (C=O) groups is 1. The molecule has 0 saturated heterocycles. The van der Waals surface area contributed by atoms with Gasteiger partial charge in [-0.05, 0) is 29.8 Å². The minimum absolute atomic E-state index is 0.0947. The highest BCUT2D eigenvalue weighted by atomic mass is 35.5. The number of halogens is 1. The van der Waals surface area contributed by atoms with Gasteiger partial charge in [-0.1, -0.05) is 41.9 Å². The molecule has 27 heavy (non-hydrogen) atoms. The van der Waals surface area contributed by atoms with Crippen LogP contribution in [0.1, 0.15) is 15.9 Å². The van der Waals surface area contributed by atoms with Gasteiger partial charge in [0, 0.05) is 25.5 Å². The first-order valence-electron chi connectivity index (χ1n) is 8.42. The molecule has 0 fully saturated rings. The molecule has 2 aromatic carbocycles. The molecule has 3 aromatic rings. The summed E-state index contributed by atoms with van der Waals surface area (Å²) in [4.78, 5) is 18.6. The summed E-state index contributed by atoms with van der Waals surface area (Å²) in [6, 6.07) is 17.0. The Morgan fingerprint density at radius 1 is 1.11 bits per heavy atom. The van der Waals surface area contributed by atoms with Crippen molar-refractivity contribution >= 4 is 28.9 Å². The summed E-state index contributed by atoms with van der Waals surface area (Å²) in [5.41, 5.74) is 3.07. The number of hydrogen-bond acceptors (Lipinski definition) is 4. The van der Waals surface area contributed by atoms with Crippen molar-refractivity contribution in [2.24, 2.45) is 0 Å². The molecule has 0 unspecified atom stereocenters. The maximum Gasteiger partial charge on any atom is 0.255 e. The fourth-order valence-electron chi connectivity index (χ4n) is 2.69. The number of benzene rings is 2. The van der Waals surface area contributed by atoms with Crippen molar-refractivity contribution in [1.82, 2.24) is 9.88 Å². The van der Waals surface area contributed by atoms with E-state index in [0.29, 0.717) is 28.6 Å². The molecule has 0 aliphatic heterocycles. The fourth-order valence-corrected chi connectivity index (χ4v) is 2.94. The van der Waals surface area contributed by atoms with Crippen LogP contribution < -0.4 is 10.1 Å². The molecule has 0 saturated carbocycles. The Labute approximate surface area is 163 Å².